The van der Waals surface area contributed by atoms with Gasteiger partial charge in [0.1, 0.15) is 5.75 Å². The first-order valence-electron chi connectivity index (χ1n) is 13.1. The summed E-state index contributed by atoms with van der Waals surface area (Å²) in [5.74, 6) is -2.54. The molecule has 2 heterocycles. The van der Waals surface area contributed by atoms with Crippen LogP contribution in [0, 0.1) is 17.8 Å². The first-order valence-corrected chi connectivity index (χ1v) is 13.1. The minimum Gasteiger partial charge on any atom is -0.507 e. The highest BCUT2D eigenvalue weighted by Crippen LogP contribution is 2.50. The van der Waals surface area contributed by atoms with Crippen LogP contribution in [-0.4, -0.2) is 53.3 Å². The Morgan fingerprint density at radius 3 is 2.61 bits per heavy atom. The number of fused-ring (bicyclic) bond motifs is 4. The van der Waals surface area contributed by atoms with Crippen LogP contribution < -0.4 is 0 Å². The zero-order valence-corrected chi connectivity index (χ0v) is 21.8. The van der Waals surface area contributed by atoms with E-state index in [9.17, 15) is 24.5 Å². The highest BCUT2D eigenvalue weighted by molar-refractivity contribution is 6.43. The molecule has 0 aromatic heterocycles. The largest absolute Gasteiger partial charge is 0.507 e. The van der Waals surface area contributed by atoms with Gasteiger partial charge >= 0.3 is 13.2 Å². The predicted molar refractivity (Wildman–Crippen MR) is 143 cm³/mol. The van der Waals surface area contributed by atoms with Crippen molar-refractivity contribution in [3.63, 3.8) is 0 Å². The van der Waals surface area contributed by atoms with Gasteiger partial charge in [0, 0.05) is 5.39 Å². The minimum atomic E-state index is -1.06. The normalized spacial score (nSPS) is 25.6. The van der Waals surface area contributed by atoms with Crippen LogP contribution in [0.2, 0.25) is 6.32 Å². The highest BCUT2D eigenvalue weighted by atomic mass is 16.5. The van der Waals surface area contributed by atoms with Crippen LogP contribution in [0.5, 0.6) is 5.75 Å². The molecule has 0 radical (unpaired) electrons. The Labute approximate surface area is 222 Å². The minimum absolute atomic E-state index is 0.203. The monoisotopic (exact) mass is 517 g/mol. The molecular formula is C29H32BNO7. The molecule has 8 nitrogen and oxygen atoms in total. The third-order valence-corrected chi connectivity index (χ3v) is 8.29. The van der Waals surface area contributed by atoms with E-state index in [-0.39, 0.29) is 18.0 Å². The molecule has 2 saturated heterocycles. The molecule has 2 aliphatic heterocycles. The van der Waals surface area contributed by atoms with Crippen LogP contribution >= 0.6 is 0 Å². The second-order valence-corrected chi connectivity index (χ2v) is 10.4. The van der Waals surface area contributed by atoms with Gasteiger partial charge in [0.25, 0.3) is 0 Å². The maximum absolute atomic E-state index is 13.2. The smallest absolute Gasteiger partial charge is 0.455 e. The third-order valence-electron chi connectivity index (χ3n) is 8.29. The zero-order valence-electron chi connectivity index (χ0n) is 21.8. The summed E-state index contributed by atoms with van der Waals surface area (Å²) in [6, 6.07) is 11.3. The summed E-state index contributed by atoms with van der Waals surface area (Å²) in [5, 5.41) is 22.6. The van der Waals surface area contributed by atoms with E-state index in [0.717, 1.165) is 41.0 Å². The average molecular weight is 517 g/mol. The van der Waals surface area contributed by atoms with Gasteiger partial charge in [-0.15, -0.1) is 0 Å². The fourth-order valence-corrected chi connectivity index (χ4v) is 6.51. The van der Waals surface area contributed by atoms with E-state index in [1.807, 2.05) is 37.3 Å². The number of benzene rings is 2. The van der Waals surface area contributed by atoms with Gasteiger partial charge in [-0.25, -0.2) is 4.79 Å². The van der Waals surface area contributed by atoms with E-state index in [0.29, 0.717) is 24.2 Å². The maximum atomic E-state index is 13.2. The molecule has 1 aliphatic carbocycles. The van der Waals surface area contributed by atoms with Gasteiger partial charge in [-0.3, -0.25) is 9.59 Å². The lowest BCUT2D eigenvalue weighted by Gasteiger charge is -2.42. The summed E-state index contributed by atoms with van der Waals surface area (Å²) < 4.78 is 10.7. The van der Waals surface area contributed by atoms with Crippen molar-refractivity contribution in [2.45, 2.75) is 52.0 Å². The highest BCUT2D eigenvalue weighted by Gasteiger charge is 2.58. The number of hydrogen-bond acceptors (Lipinski definition) is 7. The second-order valence-electron chi connectivity index (χ2n) is 10.4. The number of phenols is 1. The van der Waals surface area contributed by atoms with E-state index >= 15 is 0 Å². The summed E-state index contributed by atoms with van der Waals surface area (Å²) in [4.78, 5) is 38.9. The Balaban J connectivity index is 1.40. The molecule has 9 heteroatoms. The number of rotatable bonds is 5. The molecule has 38 heavy (non-hydrogen) atoms. The van der Waals surface area contributed by atoms with Gasteiger partial charge in [0.05, 0.1) is 25.0 Å². The van der Waals surface area contributed by atoms with Crippen LogP contribution in [0.15, 0.2) is 53.1 Å². The lowest BCUT2D eigenvalue weighted by atomic mass is 9.59. The number of likely N-dealkylation sites (tertiary alicyclic amines) is 1. The molecule has 0 spiro atoms. The lowest BCUT2D eigenvalue weighted by molar-refractivity contribution is -0.137. The summed E-state index contributed by atoms with van der Waals surface area (Å²) in [5.41, 5.74) is 4.16. The number of imide groups is 3. The number of nitrogens with zero attached hydrogens (tertiary/aromatic N) is 1. The van der Waals surface area contributed by atoms with Gasteiger partial charge in [-0.1, -0.05) is 54.5 Å². The number of ether oxygens (including phenoxy) is 1. The Bertz CT molecular complexity index is 1370. The Morgan fingerprint density at radius 2 is 1.89 bits per heavy atom. The van der Waals surface area contributed by atoms with Crippen molar-refractivity contribution in [3.8, 4) is 5.75 Å². The van der Waals surface area contributed by atoms with Gasteiger partial charge in [-0.05, 0) is 67.4 Å². The first-order chi connectivity index (χ1) is 18.2. The van der Waals surface area contributed by atoms with Crippen molar-refractivity contribution >= 4 is 41.9 Å². The molecule has 2 N–H and O–H groups in total. The standard InChI is InChI=1S/C29H32BNO7/c1-4-17(14-18-10-11-23(32)20-8-6-5-7-19(18)20)9-12-24-25-16(2)13-21-26(22(25)15-30(36)38-24)28(34)31(27(21)33)29(35)37-3/h5-8,10-11,14,21-22,24,26,32,36H,4,9,12-13,15H2,1-3H3/b17-14+/t21-,22+,24-,26-/m1/s1. The number of carbonyl (C=O) groups is 3. The fourth-order valence-electron chi connectivity index (χ4n) is 6.51. The SMILES string of the molecule is CC/C(=C\c1ccc(O)c2ccccc12)CC[C@H]1OB(O)C[C@H]2C1=C(C)C[C@H]1C(=O)N(C(=O)OC)C(=O)[C@H]12. The molecule has 5 rings (SSSR count). The number of amides is 3. The summed E-state index contributed by atoms with van der Waals surface area (Å²) in [7, 11) is 0.0823. The van der Waals surface area contributed by atoms with Crippen LogP contribution in [0.1, 0.15) is 45.1 Å². The van der Waals surface area contributed by atoms with Gasteiger partial charge < -0.3 is 19.5 Å². The van der Waals surface area contributed by atoms with Crippen molar-refractivity contribution in [2.24, 2.45) is 17.8 Å². The molecule has 2 aromatic carbocycles. The fraction of sp³-hybridized carbons (Fsp3) is 0.414. The van der Waals surface area contributed by atoms with Crippen molar-refractivity contribution in [1.29, 1.82) is 0 Å². The topological polar surface area (TPSA) is 113 Å². The van der Waals surface area contributed by atoms with Crippen molar-refractivity contribution in [3.05, 3.63) is 58.7 Å². The van der Waals surface area contributed by atoms with E-state index in [4.69, 9.17) is 4.65 Å². The van der Waals surface area contributed by atoms with Crippen LogP contribution in [0.3, 0.4) is 0 Å². The lowest BCUT2D eigenvalue weighted by Crippen LogP contribution is -2.46. The van der Waals surface area contributed by atoms with E-state index in [1.54, 1.807) is 6.07 Å². The Morgan fingerprint density at radius 1 is 1.16 bits per heavy atom. The van der Waals surface area contributed by atoms with Gasteiger partial charge in [-0.2, -0.15) is 4.90 Å². The van der Waals surface area contributed by atoms with E-state index < -0.39 is 43.0 Å². The van der Waals surface area contributed by atoms with Crippen LogP contribution in [0.25, 0.3) is 16.8 Å². The zero-order chi connectivity index (χ0) is 27.1. The quantitative estimate of drug-likeness (QED) is 0.336. The van der Waals surface area contributed by atoms with E-state index in [2.05, 4.69) is 17.7 Å². The molecule has 0 saturated carbocycles. The number of aromatic hydroxyl groups is 1. The summed E-state index contributed by atoms with van der Waals surface area (Å²) in [6.45, 7) is 4.04. The summed E-state index contributed by atoms with van der Waals surface area (Å²) in [6.07, 6.45) is 3.50. The van der Waals surface area contributed by atoms with Crippen molar-refractivity contribution in [1.82, 2.24) is 4.90 Å². The van der Waals surface area contributed by atoms with Gasteiger partial charge in [0.15, 0.2) is 0 Å². The van der Waals surface area contributed by atoms with Crippen molar-refractivity contribution < 1.29 is 33.9 Å². The molecule has 3 aliphatic rings. The third kappa shape index (κ3) is 4.43. The molecule has 2 aromatic rings. The first kappa shape index (κ1) is 26.2. The van der Waals surface area contributed by atoms with Crippen molar-refractivity contribution in [2.75, 3.05) is 7.11 Å². The molecule has 3 amide bonds. The van der Waals surface area contributed by atoms with E-state index in [1.165, 1.54) is 5.57 Å². The predicted octanol–water partition coefficient (Wildman–Crippen LogP) is 4.70. The molecule has 198 valence electrons. The number of allylic oxidation sites excluding steroid dienone is 2. The Hall–Kier alpha value is -3.43. The summed E-state index contributed by atoms with van der Waals surface area (Å²) >= 11 is 0. The maximum Gasteiger partial charge on any atom is 0.455 e. The number of carbonyl (C=O) groups excluding carboxylic acids is 3. The Kier molecular flexibility index (Phi) is 7.16. The van der Waals surface area contributed by atoms with Crippen LogP contribution in [0.4, 0.5) is 4.79 Å². The average Bonchev–Trinajstić information content (AvgIpc) is 3.16. The molecule has 0 bridgehead atoms. The molecule has 4 atom stereocenters. The number of methoxy groups -OCH3 is 1. The second kappa shape index (κ2) is 10.4. The molecule has 0 unspecified atom stereocenters. The molecule has 2 fully saturated rings. The number of phenolic OH excluding ortho intramolecular Hbond substituents is 1. The van der Waals surface area contributed by atoms with Gasteiger partial charge in [0.2, 0.25) is 11.8 Å². The molecular weight excluding hydrogens is 485 g/mol. The number of hydrogen-bond donors (Lipinski definition) is 2. The van der Waals surface area contributed by atoms with Crippen LogP contribution in [-0.2, 0) is 19.0 Å².